The third kappa shape index (κ3) is 4.31. The maximum absolute atomic E-state index is 13.7. The number of amides is 1. The number of fused-ring (bicyclic) bond motifs is 2. The van der Waals surface area contributed by atoms with Gasteiger partial charge in [0.2, 0.25) is 15.9 Å². The number of para-hydroxylation sites is 2. The zero-order valence-corrected chi connectivity index (χ0v) is 20.4. The van der Waals surface area contributed by atoms with Crippen LogP contribution in [0.3, 0.4) is 0 Å². The third-order valence-electron chi connectivity index (χ3n) is 6.18. The number of nitrogens with one attached hydrogen (secondary N) is 3. The number of aromatic amines is 1. The molecule has 11 heteroatoms. The topological polar surface area (TPSA) is 117 Å². The second-order valence-electron chi connectivity index (χ2n) is 8.68. The van der Waals surface area contributed by atoms with Crippen LogP contribution in [0.2, 0.25) is 0 Å². The summed E-state index contributed by atoms with van der Waals surface area (Å²) in [5.41, 5.74) is 3.84. The summed E-state index contributed by atoms with van der Waals surface area (Å²) < 4.78 is 41.0. The predicted octanol–water partition coefficient (Wildman–Crippen LogP) is 4.60. The van der Waals surface area contributed by atoms with Gasteiger partial charge in [-0.05, 0) is 41.8 Å². The summed E-state index contributed by atoms with van der Waals surface area (Å²) in [7, 11) is -3.70. The summed E-state index contributed by atoms with van der Waals surface area (Å²) >= 11 is 1.43. The largest absolute Gasteiger partial charge is 0.351 e. The monoisotopic (exact) mass is 521 g/mol. The van der Waals surface area contributed by atoms with Crippen molar-refractivity contribution in [3.05, 3.63) is 89.5 Å². The molecule has 1 aliphatic rings. The van der Waals surface area contributed by atoms with Gasteiger partial charge in [-0.15, -0.1) is 0 Å². The Kier molecular flexibility index (Phi) is 5.45. The first kappa shape index (κ1) is 22.6. The summed E-state index contributed by atoms with van der Waals surface area (Å²) in [6.07, 6.45) is 0.446. The minimum absolute atomic E-state index is 0.0803. The lowest BCUT2D eigenvalue weighted by atomic mass is 10.0. The molecule has 36 heavy (non-hydrogen) atoms. The van der Waals surface area contributed by atoms with Crippen molar-refractivity contribution in [2.75, 3.05) is 5.32 Å². The number of imidazole rings is 1. The first-order valence-electron chi connectivity index (χ1n) is 11.2. The highest BCUT2D eigenvalue weighted by atomic mass is 32.2. The van der Waals surface area contributed by atoms with E-state index in [0.29, 0.717) is 22.6 Å². The normalized spacial score (nSPS) is 17.9. The minimum atomic E-state index is -3.70. The summed E-state index contributed by atoms with van der Waals surface area (Å²) in [5.74, 6) is -0.109. The zero-order valence-electron chi connectivity index (χ0n) is 18.7. The number of carbonyl (C=O) groups excluding carboxylic acids is 1. The van der Waals surface area contributed by atoms with Gasteiger partial charge in [0.05, 0.1) is 33.7 Å². The Morgan fingerprint density at radius 2 is 1.86 bits per heavy atom. The van der Waals surface area contributed by atoms with E-state index in [9.17, 15) is 17.6 Å². The van der Waals surface area contributed by atoms with Crippen molar-refractivity contribution < 1.29 is 17.6 Å². The SMILES string of the molecule is O=C1C[C@H](c2ccc(C[C@H](Nc3nc4cc(F)ccc4s3)c3nc4ccccc4[nH]3)cc2)S(=O)(=O)N1. The van der Waals surface area contributed by atoms with Crippen molar-refractivity contribution in [1.82, 2.24) is 19.7 Å². The molecule has 6 rings (SSSR count). The van der Waals surface area contributed by atoms with Gasteiger partial charge in [-0.2, -0.15) is 0 Å². The fourth-order valence-electron chi connectivity index (χ4n) is 4.42. The Labute approximate surface area is 209 Å². The van der Waals surface area contributed by atoms with Crippen LogP contribution in [0.4, 0.5) is 9.52 Å². The van der Waals surface area contributed by atoms with Crippen molar-refractivity contribution in [3.63, 3.8) is 0 Å². The average Bonchev–Trinajstić information content (AvgIpc) is 3.52. The summed E-state index contributed by atoms with van der Waals surface area (Å²) in [4.78, 5) is 24.3. The molecule has 0 unspecified atom stereocenters. The van der Waals surface area contributed by atoms with Crippen LogP contribution in [0, 0.1) is 5.82 Å². The average molecular weight is 522 g/mol. The lowest BCUT2D eigenvalue weighted by Gasteiger charge is -2.17. The molecule has 2 atom stereocenters. The highest BCUT2D eigenvalue weighted by Gasteiger charge is 2.37. The number of anilines is 1. The van der Waals surface area contributed by atoms with Gasteiger partial charge < -0.3 is 10.3 Å². The Morgan fingerprint density at radius 3 is 2.61 bits per heavy atom. The molecule has 8 nitrogen and oxygen atoms in total. The Bertz CT molecular complexity index is 1680. The molecule has 0 radical (unpaired) electrons. The van der Waals surface area contributed by atoms with E-state index in [2.05, 4.69) is 15.3 Å². The van der Waals surface area contributed by atoms with Crippen molar-refractivity contribution in [2.24, 2.45) is 0 Å². The van der Waals surface area contributed by atoms with E-state index >= 15 is 0 Å². The van der Waals surface area contributed by atoms with Gasteiger partial charge >= 0.3 is 0 Å². The third-order valence-corrected chi connectivity index (χ3v) is 8.85. The van der Waals surface area contributed by atoms with E-state index in [0.717, 1.165) is 27.1 Å². The van der Waals surface area contributed by atoms with Crippen molar-refractivity contribution in [3.8, 4) is 0 Å². The highest BCUT2D eigenvalue weighted by molar-refractivity contribution is 7.90. The second kappa shape index (κ2) is 8.68. The number of aromatic nitrogens is 3. The van der Waals surface area contributed by atoms with Gasteiger partial charge in [-0.1, -0.05) is 47.7 Å². The summed E-state index contributed by atoms with van der Waals surface area (Å²) in [6, 6.07) is 19.2. The Hall–Kier alpha value is -3.83. The van der Waals surface area contributed by atoms with Crippen molar-refractivity contribution in [2.45, 2.75) is 24.1 Å². The van der Waals surface area contributed by atoms with Crippen LogP contribution in [-0.4, -0.2) is 29.3 Å². The molecule has 0 saturated carbocycles. The summed E-state index contributed by atoms with van der Waals surface area (Å²) in [6.45, 7) is 0. The van der Waals surface area contributed by atoms with Gasteiger partial charge in [-0.3, -0.25) is 9.52 Å². The van der Waals surface area contributed by atoms with E-state index in [4.69, 9.17) is 4.98 Å². The molecule has 1 fully saturated rings. The Morgan fingerprint density at radius 1 is 1.06 bits per heavy atom. The zero-order chi connectivity index (χ0) is 24.9. The van der Waals surface area contributed by atoms with Crippen LogP contribution in [0.1, 0.15) is 34.7 Å². The number of thiazole rings is 1. The highest BCUT2D eigenvalue weighted by Crippen LogP contribution is 2.33. The molecule has 2 aromatic heterocycles. The van der Waals surface area contributed by atoms with E-state index < -0.39 is 21.2 Å². The lowest BCUT2D eigenvalue weighted by molar-refractivity contribution is -0.118. The van der Waals surface area contributed by atoms with Crippen LogP contribution in [0.5, 0.6) is 0 Å². The van der Waals surface area contributed by atoms with Gasteiger partial charge in [0.1, 0.15) is 16.9 Å². The second-order valence-corrected chi connectivity index (χ2v) is 11.6. The summed E-state index contributed by atoms with van der Waals surface area (Å²) in [5, 5.41) is 3.20. The van der Waals surface area contributed by atoms with Crippen LogP contribution < -0.4 is 10.0 Å². The lowest BCUT2D eigenvalue weighted by Crippen LogP contribution is -2.21. The first-order valence-corrected chi connectivity index (χ1v) is 13.6. The van der Waals surface area contributed by atoms with Gasteiger partial charge in [0.25, 0.3) is 0 Å². The molecular weight excluding hydrogens is 501 g/mol. The molecular formula is C25H20FN5O3S2. The predicted molar refractivity (Wildman–Crippen MR) is 137 cm³/mol. The maximum atomic E-state index is 13.7. The molecule has 0 aliphatic carbocycles. The fraction of sp³-hybridized carbons (Fsp3) is 0.160. The molecule has 3 N–H and O–H groups in total. The fourth-order valence-corrected chi connectivity index (χ4v) is 6.74. The molecule has 3 aromatic carbocycles. The number of nitrogens with zero attached hydrogens (tertiary/aromatic N) is 2. The molecule has 1 saturated heterocycles. The van der Waals surface area contributed by atoms with Crippen LogP contribution in [0.15, 0.2) is 66.7 Å². The maximum Gasteiger partial charge on any atom is 0.242 e. The molecule has 3 heterocycles. The number of benzene rings is 3. The van der Waals surface area contributed by atoms with Crippen LogP contribution in [-0.2, 0) is 21.2 Å². The number of carbonyl (C=O) groups is 1. The van der Waals surface area contributed by atoms with E-state index in [1.165, 1.54) is 23.5 Å². The number of H-pyrrole nitrogens is 1. The number of hydrogen-bond donors (Lipinski definition) is 3. The minimum Gasteiger partial charge on any atom is -0.351 e. The van der Waals surface area contributed by atoms with Gasteiger partial charge in [0.15, 0.2) is 5.13 Å². The van der Waals surface area contributed by atoms with Crippen LogP contribution >= 0.6 is 11.3 Å². The van der Waals surface area contributed by atoms with Gasteiger partial charge in [-0.25, -0.2) is 22.8 Å². The van der Waals surface area contributed by atoms with E-state index in [1.54, 1.807) is 18.2 Å². The smallest absolute Gasteiger partial charge is 0.242 e. The molecule has 0 spiro atoms. The Balaban J connectivity index is 1.31. The standard InChI is InChI=1S/C25H20FN5O3S2/c26-16-9-10-21-19(12-16)29-25(35-21)30-20(24-27-17-3-1-2-4-18(17)28-24)11-14-5-7-15(8-6-14)22-13-23(32)31-36(22,33)34/h1-10,12,20,22H,11,13H2,(H,27,28)(H,29,30)(H,31,32)/t20-,22+/m0/s1. The molecule has 182 valence electrons. The number of halogens is 1. The molecule has 1 amide bonds. The van der Waals surface area contributed by atoms with E-state index in [-0.39, 0.29) is 18.3 Å². The molecule has 0 bridgehead atoms. The first-order chi connectivity index (χ1) is 17.3. The number of rotatable bonds is 6. The van der Waals surface area contributed by atoms with Crippen molar-refractivity contribution in [1.29, 1.82) is 0 Å². The van der Waals surface area contributed by atoms with Crippen LogP contribution in [0.25, 0.3) is 21.3 Å². The molecule has 1 aliphatic heterocycles. The quantitative estimate of drug-likeness (QED) is 0.301. The van der Waals surface area contributed by atoms with Gasteiger partial charge in [0, 0.05) is 6.07 Å². The molecule has 5 aromatic rings. The number of hydrogen-bond acceptors (Lipinski definition) is 7. The number of sulfonamides is 1. The van der Waals surface area contributed by atoms with Crippen molar-refractivity contribution >= 4 is 53.6 Å². The van der Waals surface area contributed by atoms with E-state index in [1.807, 2.05) is 41.1 Å².